The van der Waals surface area contributed by atoms with Gasteiger partial charge in [-0.15, -0.1) is 0 Å². The predicted octanol–water partition coefficient (Wildman–Crippen LogP) is 3.29. The average Bonchev–Trinajstić information content (AvgIpc) is 2.72. The third-order valence-corrected chi connectivity index (χ3v) is 4.55. The summed E-state index contributed by atoms with van der Waals surface area (Å²) in [6.07, 6.45) is 9.36. The quantitative estimate of drug-likeness (QED) is 0.887. The molecule has 18 heavy (non-hydrogen) atoms. The van der Waals surface area contributed by atoms with E-state index in [0.717, 1.165) is 6.54 Å². The smallest absolute Gasteiger partial charge is 0.125 e. The monoisotopic (exact) mass is 249 g/mol. The van der Waals surface area contributed by atoms with E-state index >= 15 is 0 Å². The van der Waals surface area contributed by atoms with Crippen molar-refractivity contribution in [3.05, 3.63) is 18.2 Å². The molecule has 2 atom stereocenters. The fraction of sp³-hybridized carbons (Fsp3) is 0.800. The molecule has 3 nitrogen and oxygen atoms in total. The number of imidazole rings is 1. The average molecular weight is 249 g/mol. The zero-order valence-electron chi connectivity index (χ0n) is 12.2. The molecule has 0 saturated heterocycles. The molecule has 1 aliphatic carbocycles. The van der Waals surface area contributed by atoms with Crippen molar-refractivity contribution in [2.24, 2.45) is 18.4 Å². The van der Waals surface area contributed by atoms with Crippen LogP contribution in [0.2, 0.25) is 0 Å². The highest BCUT2D eigenvalue weighted by Crippen LogP contribution is 2.46. The maximum atomic E-state index is 4.58. The van der Waals surface area contributed by atoms with Gasteiger partial charge in [-0.05, 0) is 30.7 Å². The molecule has 1 aliphatic rings. The molecule has 102 valence electrons. The van der Waals surface area contributed by atoms with Gasteiger partial charge in [0, 0.05) is 19.4 Å². The van der Waals surface area contributed by atoms with Crippen LogP contribution in [0.5, 0.6) is 0 Å². The summed E-state index contributed by atoms with van der Waals surface area (Å²) in [7, 11) is 2.10. The summed E-state index contributed by atoms with van der Waals surface area (Å²) in [5.41, 5.74) is 0.414. The Morgan fingerprint density at radius 2 is 2.28 bits per heavy atom. The van der Waals surface area contributed by atoms with E-state index in [1.54, 1.807) is 0 Å². The zero-order valence-corrected chi connectivity index (χ0v) is 12.2. The number of aryl methyl sites for hydroxylation is 1. The van der Waals surface area contributed by atoms with Gasteiger partial charge in [0.25, 0.3) is 0 Å². The molecular formula is C15H27N3. The fourth-order valence-electron chi connectivity index (χ4n) is 3.45. The van der Waals surface area contributed by atoms with Crippen LogP contribution >= 0.6 is 0 Å². The van der Waals surface area contributed by atoms with Crippen LogP contribution < -0.4 is 5.32 Å². The normalized spacial score (nSPS) is 25.0. The van der Waals surface area contributed by atoms with Crippen molar-refractivity contribution in [3.8, 4) is 0 Å². The van der Waals surface area contributed by atoms with Crippen molar-refractivity contribution >= 4 is 0 Å². The van der Waals surface area contributed by atoms with Crippen LogP contribution in [-0.4, -0.2) is 16.1 Å². The second-order valence-electron chi connectivity index (χ2n) is 6.27. The number of hydrogen-bond donors (Lipinski definition) is 1. The topological polar surface area (TPSA) is 29.9 Å². The van der Waals surface area contributed by atoms with E-state index in [9.17, 15) is 0 Å². The number of rotatable bonds is 4. The van der Waals surface area contributed by atoms with Gasteiger partial charge in [-0.2, -0.15) is 0 Å². The maximum absolute atomic E-state index is 4.58. The summed E-state index contributed by atoms with van der Waals surface area (Å²) in [6.45, 7) is 8.03. The predicted molar refractivity (Wildman–Crippen MR) is 75.4 cm³/mol. The molecule has 1 aromatic rings. The number of hydrogen-bond acceptors (Lipinski definition) is 2. The molecule has 1 aromatic heterocycles. The van der Waals surface area contributed by atoms with Crippen LogP contribution in [0, 0.1) is 11.3 Å². The first-order valence-electron chi connectivity index (χ1n) is 7.27. The second-order valence-corrected chi connectivity index (χ2v) is 6.27. The van der Waals surface area contributed by atoms with Gasteiger partial charge in [0.2, 0.25) is 0 Å². The highest BCUT2D eigenvalue weighted by atomic mass is 15.1. The van der Waals surface area contributed by atoms with E-state index in [1.165, 1.54) is 31.5 Å². The van der Waals surface area contributed by atoms with Gasteiger partial charge in [-0.3, -0.25) is 0 Å². The van der Waals surface area contributed by atoms with E-state index in [-0.39, 0.29) is 0 Å². The molecule has 0 bridgehead atoms. The van der Waals surface area contributed by atoms with Gasteiger partial charge < -0.3 is 9.88 Å². The minimum atomic E-state index is 0.394. The first-order valence-corrected chi connectivity index (χ1v) is 7.27. The van der Waals surface area contributed by atoms with Gasteiger partial charge in [0.15, 0.2) is 0 Å². The van der Waals surface area contributed by atoms with Crippen molar-refractivity contribution in [1.29, 1.82) is 0 Å². The van der Waals surface area contributed by atoms with Crippen LogP contribution in [0.4, 0.5) is 0 Å². The van der Waals surface area contributed by atoms with Gasteiger partial charge in [-0.25, -0.2) is 4.98 Å². The molecule has 3 heteroatoms. The molecule has 0 aromatic carbocycles. The summed E-state index contributed by atoms with van der Waals surface area (Å²) in [5.74, 6) is 1.88. The zero-order chi connectivity index (χ0) is 13.2. The Morgan fingerprint density at radius 1 is 1.50 bits per heavy atom. The Morgan fingerprint density at radius 3 is 2.83 bits per heavy atom. The van der Waals surface area contributed by atoms with Gasteiger partial charge in [-0.1, -0.05) is 33.6 Å². The van der Waals surface area contributed by atoms with Crippen LogP contribution in [0.1, 0.15) is 58.3 Å². The number of nitrogens with zero attached hydrogens (tertiary/aromatic N) is 2. The number of aromatic nitrogens is 2. The van der Waals surface area contributed by atoms with Crippen molar-refractivity contribution in [2.45, 2.75) is 52.5 Å². The second kappa shape index (κ2) is 5.43. The number of nitrogens with one attached hydrogen (secondary N) is 1. The van der Waals surface area contributed by atoms with E-state index in [4.69, 9.17) is 0 Å². The first-order chi connectivity index (χ1) is 8.56. The first kappa shape index (κ1) is 13.6. The lowest BCUT2D eigenvalue weighted by Crippen LogP contribution is -2.40. The molecule has 0 amide bonds. The van der Waals surface area contributed by atoms with Crippen molar-refractivity contribution in [1.82, 2.24) is 14.9 Å². The van der Waals surface area contributed by atoms with E-state index in [1.807, 2.05) is 6.20 Å². The van der Waals surface area contributed by atoms with Crippen LogP contribution in [0.25, 0.3) is 0 Å². The minimum Gasteiger partial charge on any atom is -0.337 e. The van der Waals surface area contributed by atoms with Gasteiger partial charge in [0.05, 0.1) is 6.04 Å². The van der Waals surface area contributed by atoms with Crippen molar-refractivity contribution in [2.75, 3.05) is 6.54 Å². The highest BCUT2D eigenvalue weighted by molar-refractivity contribution is 5.04. The van der Waals surface area contributed by atoms with Gasteiger partial charge >= 0.3 is 0 Å². The summed E-state index contributed by atoms with van der Waals surface area (Å²) in [6, 6.07) is 0.394. The van der Waals surface area contributed by atoms with E-state index in [2.05, 4.69) is 48.9 Å². The molecular weight excluding hydrogens is 222 g/mol. The third kappa shape index (κ3) is 2.61. The minimum absolute atomic E-state index is 0.394. The van der Waals surface area contributed by atoms with Gasteiger partial charge in [0.1, 0.15) is 5.82 Å². The van der Waals surface area contributed by atoms with Crippen LogP contribution in [-0.2, 0) is 7.05 Å². The third-order valence-electron chi connectivity index (χ3n) is 4.55. The highest BCUT2D eigenvalue weighted by Gasteiger charge is 2.39. The standard InChI is InChI=1S/C15H27N3/c1-5-16-13(14-17-10-11-18(14)4)12-8-6-7-9-15(12,2)3/h10-13,16H,5-9H2,1-4H3. The largest absolute Gasteiger partial charge is 0.337 e. The Labute approximate surface area is 111 Å². The molecule has 1 heterocycles. The van der Waals surface area contributed by atoms with Crippen LogP contribution in [0.3, 0.4) is 0 Å². The van der Waals surface area contributed by atoms with Crippen molar-refractivity contribution in [3.63, 3.8) is 0 Å². The van der Waals surface area contributed by atoms with E-state index < -0.39 is 0 Å². The summed E-state index contributed by atoms with van der Waals surface area (Å²) >= 11 is 0. The lowest BCUT2D eigenvalue weighted by molar-refractivity contribution is 0.0945. The Kier molecular flexibility index (Phi) is 4.10. The molecule has 0 spiro atoms. The molecule has 2 rings (SSSR count). The molecule has 0 aliphatic heterocycles. The summed E-state index contributed by atoms with van der Waals surface area (Å²) in [4.78, 5) is 4.58. The summed E-state index contributed by atoms with van der Waals surface area (Å²) in [5, 5.41) is 3.67. The SMILES string of the molecule is CCNC(c1nccn1C)C1CCCCC1(C)C. The molecule has 2 unspecified atom stereocenters. The fourth-order valence-corrected chi connectivity index (χ4v) is 3.45. The lowest BCUT2D eigenvalue weighted by atomic mass is 9.65. The Balaban J connectivity index is 2.27. The Bertz CT molecular complexity index is 381. The molecule has 1 N–H and O–H groups in total. The van der Waals surface area contributed by atoms with Crippen molar-refractivity contribution < 1.29 is 0 Å². The molecule has 1 fully saturated rings. The molecule has 1 saturated carbocycles. The summed E-state index contributed by atoms with van der Waals surface area (Å²) < 4.78 is 2.16. The maximum Gasteiger partial charge on any atom is 0.125 e. The Hall–Kier alpha value is -0.830. The lowest BCUT2D eigenvalue weighted by Gasteiger charge is -2.43. The van der Waals surface area contributed by atoms with E-state index in [0.29, 0.717) is 17.4 Å². The van der Waals surface area contributed by atoms with Crippen LogP contribution in [0.15, 0.2) is 12.4 Å². The molecule has 0 radical (unpaired) electrons.